The highest BCUT2D eigenvalue weighted by atomic mass is 15.2. The van der Waals surface area contributed by atoms with Gasteiger partial charge in [0.15, 0.2) is 11.6 Å². The van der Waals surface area contributed by atoms with Crippen molar-refractivity contribution < 1.29 is 41.1 Å². The van der Waals surface area contributed by atoms with Crippen LogP contribution in [-0.4, -0.2) is 38.6 Å². The topological polar surface area (TPSA) is 79.2 Å². The van der Waals surface area contributed by atoms with Crippen LogP contribution >= 0.6 is 0 Å². The Labute approximate surface area is 367 Å². The van der Waals surface area contributed by atoms with Crippen LogP contribution in [0.1, 0.15) is 41.1 Å². The molecule has 266 valence electrons. The molecule has 0 aliphatic rings. The number of hydrogen-bond donors (Lipinski definition) is 0. The summed E-state index contributed by atoms with van der Waals surface area (Å²) in [6.07, 6.45) is -3.77. The van der Waals surface area contributed by atoms with E-state index in [2.05, 4.69) is 24.9 Å². The maximum atomic E-state index is 10.0. The lowest BCUT2D eigenvalue weighted by Gasteiger charge is -2.20. The minimum absolute atomic E-state index is 0.557. The summed E-state index contributed by atoms with van der Waals surface area (Å²) in [5.74, 6) is -3.11. The van der Waals surface area contributed by atoms with E-state index in [-0.39, 0.29) is 0 Å². The SMILES string of the molecule is [2H]c1nc([2H])c2c3c([2H])c([2H])c([2H])c([2H])c3n(-c3c([2H])c([2H])c([2H])c(-c4nc(-c5c([2H])c([2H])c([2H])c([2H])c5[2H])nc(-n5c6c([2H])c([2H])c([2H])c([2H])c6c6c([2H])c([2H])c([2H])c([2H])c65)n4)c3-n3c4c([2H])c([2H])nc([2H])c4c4c([2H])c([2H])c([2H])c([2H])c43)c2c1[2H]. The molecule has 12 aromatic rings. The van der Waals surface area contributed by atoms with Gasteiger partial charge in [-0.25, -0.2) is 4.98 Å². The van der Waals surface area contributed by atoms with Gasteiger partial charge in [-0.05, 0) is 48.3 Å². The Kier molecular flexibility index (Phi) is 3.01. The molecule has 0 bridgehead atoms. The average molecular weight is 761 g/mol. The van der Waals surface area contributed by atoms with Crippen LogP contribution < -0.4 is 0 Å². The molecule has 0 atom stereocenters. The van der Waals surface area contributed by atoms with Crippen molar-refractivity contribution in [3.63, 3.8) is 0 Å². The van der Waals surface area contributed by atoms with Crippen molar-refractivity contribution in [3.8, 4) is 40.1 Å². The van der Waals surface area contributed by atoms with E-state index in [0.717, 1.165) is 0 Å². The normalized spacial score (nSPS) is 19.2. The van der Waals surface area contributed by atoms with Gasteiger partial charge in [-0.3, -0.25) is 14.5 Å². The highest BCUT2D eigenvalue weighted by Gasteiger charge is 2.25. The molecule has 6 aromatic carbocycles. The van der Waals surface area contributed by atoms with Gasteiger partial charge < -0.3 is 9.13 Å². The second-order valence-corrected chi connectivity index (χ2v) is 12.0. The maximum absolute atomic E-state index is 10.0. The van der Waals surface area contributed by atoms with Crippen molar-refractivity contribution in [3.05, 3.63) is 182 Å². The predicted octanol–water partition coefficient (Wildman–Crippen LogP) is 11.3. The number of benzene rings is 6. The summed E-state index contributed by atoms with van der Waals surface area (Å²) in [4.78, 5) is 21.4. The molecule has 0 spiro atoms. The second kappa shape index (κ2) is 12.3. The van der Waals surface area contributed by atoms with Gasteiger partial charge in [-0.15, -0.1) is 0 Å². The van der Waals surface area contributed by atoms with E-state index < -0.39 is 287 Å². The van der Waals surface area contributed by atoms with E-state index in [4.69, 9.17) is 24.7 Å². The molecular formula is C49H30N8. The second-order valence-electron chi connectivity index (χ2n) is 12.0. The third kappa shape index (κ3) is 4.64. The fourth-order valence-corrected chi connectivity index (χ4v) is 6.83. The van der Waals surface area contributed by atoms with Gasteiger partial charge in [0.25, 0.3) is 0 Å². The fraction of sp³-hybridized carbons (Fsp3) is 0. The van der Waals surface area contributed by atoms with Crippen LogP contribution in [0, 0.1) is 0 Å². The molecule has 12 rings (SSSR count). The molecule has 8 nitrogen and oxygen atoms in total. The Morgan fingerprint density at radius 1 is 0.368 bits per heavy atom. The zero-order valence-electron chi connectivity index (χ0n) is 58.1. The van der Waals surface area contributed by atoms with Gasteiger partial charge in [0, 0.05) is 68.1 Å². The zero-order chi connectivity index (χ0) is 63.6. The molecule has 0 unspecified atom stereocenters. The molecule has 0 saturated carbocycles. The Balaban J connectivity index is 1.45. The van der Waals surface area contributed by atoms with E-state index in [1.165, 1.54) is 0 Å². The Hall–Kier alpha value is -7.97. The average Bonchev–Trinajstić information content (AvgIpc) is 1.57. The summed E-state index contributed by atoms with van der Waals surface area (Å²) in [6, 6.07) is -25.4. The lowest BCUT2D eigenvalue weighted by Crippen LogP contribution is -2.10. The number of rotatable bonds is 5. The molecule has 6 aromatic heterocycles. The van der Waals surface area contributed by atoms with Gasteiger partial charge >= 0.3 is 0 Å². The van der Waals surface area contributed by atoms with Crippen LogP contribution in [0.25, 0.3) is 106 Å². The van der Waals surface area contributed by atoms with Crippen molar-refractivity contribution in [1.29, 1.82) is 0 Å². The summed E-state index contributed by atoms with van der Waals surface area (Å²) in [6.45, 7) is 0. The third-order valence-electron chi connectivity index (χ3n) is 9.08. The molecule has 0 aliphatic heterocycles. The monoisotopic (exact) mass is 760 g/mol. The van der Waals surface area contributed by atoms with Crippen molar-refractivity contribution in [2.24, 2.45) is 0 Å². The molecule has 0 N–H and O–H groups in total. The van der Waals surface area contributed by atoms with Crippen molar-refractivity contribution in [2.75, 3.05) is 0 Å². The third-order valence-corrected chi connectivity index (χ3v) is 9.08. The standard InChI is InChI=1S/C49H30N8/c1-2-13-31(14-3-1)47-52-48(54-49(53-47)57-41-22-10-4-15-32(41)33-16-5-11-23-42(33)57)36-19-12-24-45(55-39-20-8-6-17-34(39)37-29-50-27-25-43(37)55)46(36)56-40-21-9-7-18-35(40)38-30-51-28-26-44(38)56/h1-30H/i1D,2D,3D,4D,5D,6D,7D,8D,9D,10D,11D,12D,13D,14D,15D,16D,17D,18D,19D,20D,21D,22D,23D,24D,25D,26D,27D,28D,29D,30D. The van der Waals surface area contributed by atoms with Crippen LogP contribution in [0.15, 0.2) is 182 Å². The van der Waals surface area contributed by atoms with Gasteiger partial charge in [0.2, 0.25) is 5.95 Å². The number of hydrogen-bond acceptors (Lipinski definition) is 5. The predicted molar refractivity (Wildman–Crippen MR) is 229 cm³/mol. The minimum Gasteiger partial charge on any atom is -0.307 e. The summed E-state index contributed by atoms with van der Waals surface area (Å²) < 4.78 is 275. The zero-order valence-corrected chi connectivity index (χ0v) is 28.1. The number of para-hydroxylation sites is 5. The molecule has 57 heavy (non-hydrogen) atoms. The van der Waals surface area contributed by atoms with E-state index in [1.54, 1.807) is 0 Å². The first-order valence-corrected chi connectivity index (χ1v) is 16.5. The van der Waals surface area contributed by atoms with Crippen LogP contribution in [0.3, 0.4) is 0 Å². The van der Waals surface area contributed by atoms with Gasteiger partial charge in [-0.1, -0.05) is 109 Å². The van der Waals surface area contributed by atoms with Gasteiger partial charge in [0.1, 0.15) is 0 Å². The fourth-order valence-electron chi connectivity index (χ4n) is 6.83. The van der Waals surface area contributed by atoms with Crippen molar-refractivity contribution >= 4 is 65.4 Å². The summed E-state index contributed by atoms with van der Waals surface area (Å²) in [5, 5.41) is -3.50. The van der Waals surface area contributed by atoms with Gasteiger partial charge in [-0.2, -0.15) is 9.97 Å². The quantitative estimate of drug-likeness (QED) is 0.174. The maximum Gasteiger partial charge on any atom is 0.238 e. The summed E-state index contributed by atoms with van der Waals surface area (Å²) >= 11 is 0. The highest BCUT2D eigenvalue weighted by Crippen LogP contribution is 2.42. The molecule has 0 radical (unpaired) electrons. The Morgan fingerprint density at radius 3 is 1.46 bits per heavy atom. The minimum atomic E-state index is -1.21. The van der Waals surface area contributed by atoms with Crippen LogP contribution in [0.5, 0.6) is 0 Å². The molecular weight excluding hydrogens is 701 g/mol. The van der Waals surface area contributed by atoms with E-state index in [1.807, 2.05) is 0 Å². The van der Waals surface area contributed by atoms with Crippen LogP contribution in [-0.2, 0) is 0 Å². The summed E-state index contributed by atoms with van der Waals surface area (Å²) in [5.41, 5.74) is -8.20. The largest absolute Gasteiger partial charge is 0.307 e. The number of nitrogens with zero attached hydrogens (tertiary/aromatic N) is 8. The van der Waals surface area contributed by atoms with E-state index in [0.29, 0.717) is 13.7 Å². The van der Waals surface area contributed by atoms with Crippen LogP contribution in [0.4, 0.5) is 0 Å². The van der Waals surface area contributed by atoms with E-state index in [9.17, 15) is 16.4 Å². The molecule has 0 amide bonds. The molecule has 0 saturated heterocycles. The number of aromatic nitrogens is 8. The summed E-state index contributed by atoms with van der Waals surface area (Å²) in [7, 11) is 0. The molecule has 8 heteroatoms. The first-order valence-electron chi connectivity index (χ1n) is 31.5. The van der Waals surface area contributed by atoms with Crippen LogP contribution in [0.2, 0.25) is 0 Å². The highest BCUT2D eigenvalue weighted by molar-refractivity contribution is 6.12. The molecule has 0 fully saturated rings. The molecule has 0 aliphatic carbocycles. The van der Waals surface area contributed by atoms with Crippen molar-refractivity contribution in [2.45, 2.75) is 0 Å². The first kappa shape index (κ1) is 14.0. The smallest absolute Gasteiger partial charge is 0.238 e. The van der Waals surface area contributed by atoms with Crippen molar-refractivity contribution in [1.82, 2.24) is 38.6 Å². The Morgan fingerprint density at radius 2 is 0.842 bits per heavy atom. The van der Waals surface area contributed by atoms with Gasteiger partial charge in [0.05, 0.1) is 85.6 Å². The number of fused-ring (bicyclic) bond motifs is 9. The lowest BCUT2D eigenvalue weighted by molar-refractivity contribution is 0.950. The number of pyridine rings is 2. The molecule has 6 heterocycles. The first-order chi connectivity index (χ1) is 40.7. The lowest BCUT2D eigenvalue weighted by atomic mass is 10.1. The van der Waals surface area contributed by atoms with E-state index >= 15 is 0 Å². The Bertz CT molecular complexity index is 5200.